The molecule has 0 amide bonds. The molecule has 11 atom stereocenters. The van der Waals surface area contributed by atoms with E-state index in [0.29, 0.717) is 0 Å². The normalized spacial score (nSPS) is 22.7. The number of esters is 7. The lowest BCUT2D eigenvalue weighted by molar-refractivity contribution is -0.317. The van der Waals surface area contributed by atoms with Gasteiger partial charge in [-0.25, -0.2) is 33.6 Å². The molecule has 1 unspecified atom stereocenters. The minimum atomic E-state index is -6.30. The largest absolute Gasteiger partial charge is 0.756 e. The van der Waals surface area contributed by atoms with Gasteiger partial charge in [-0.3, -0.25) is 9.09 Å². The quantitative estimate of drug-likeness (QED) is 0.0451. The van der Waals surface area contributed by atoms with Gasteiger partial charge in [0.05, 0.1) is 45.6 Å². The first-order valence-corrected chi connectivity index (χ1v) is 27.1. The van der Waals surface area contributed by atoms with Gasteiger partial charge in [-0.15, -0.1) is 0 Å². The van der Waals surface area contributed by atoms with Crippen molar-refractivity contribution in [3.8, 4) is 0 Å². The van der Waals surface area contributed by atoms with E-state index < -0.39 is 124 Å². The van der Waals surface area contributed by atoms with Crippen molar-refractivity contribution in [3.63, 3.8) is 0 Å². The van der Waals surface area contributed by atoms with Crippen LogP contribution in [0.4, 0.5) is 0 Å². The summed E-state index contributed by atoms with van der Waals surface area (Å²) in [6, 6.07) is 51.6. The Morgan fingerprint density at radius 1 is 0.349 bits per heavy atom. The van der Waals surface area contributed by atoms with Crippen molar-refractivity contribution < 1.29 is 99.8 Å². The van der Waals surface area contributed by atoms with Crippen molar-refractivity contribution in [2.24, 2.45) is 0 Å². The highest BCUT2D eigenvalue weighted by atomic mass is 31.2. The number of phosphoric ester groups is 1. The minimum Gasteiger partial charge on any atom is -0.756 e. The van der Waals surface area contributed by atoms with Crippen molar-refractivity contribution in [2.75, 3.05) is 13.2 Å². The van der Waals surface area contributed by atoms with E-state index in [1.807, 2.05) is 0 Å². The third kappa shape index (κ3) is 15.0. The molecule has 2 heterocycles. The summed E-state index contributed by atoms with van der Waals surface area (Å²) in [6.07, 6.45) is -21.3. The highest BCUT2D eigenvalue weighted by Crippen LogP contribution is 2.48. The second kappa shape index (κ2) is 27.5. The van der Waals surface area contributed by atoms with Crippen molar-refractivity contribution >= 4 is 49.6 Å². The standard InChI is InChI=1S/C61H51O21P/c62-36-45-47(75-54(64)39-24-10-2-11-25-39)49(76-55(65)40-26-12-3-13-27-40)52(79-58(68)43-32-18-6-19-33-43)61(73-45)82-83(70,71)81-48-46(37-72-53(63)38-22-8-1-9-23-38)74-60(80-59(69)44-34-20-7-21-35-44)51(78-57(67)42-30-16-5-17-31-42)50(48)77-56(66)41-28-14-4-15-29-41/h1-35,45-52,60-62H,36-37H2,(H,70,71)/p-1/t45-,46-,47-,48-,49+,50+,51+,52+,60-,61-/m1/s1. The molecular weight excluding hydrogens is 1100 g/mol. The Balaban J connectivity index is 1.14. The van der Waals surface area contributed by atoms with Gasteiger partial charge < -0.3 is 57.2 Å². The third-order valence-electron chi connectivity index (χ3n) is 12.7. The lowest BCUT2D eigenvalue weighted by Crippen LogP contribution is -2.64. The number of carbonyl (C=O) groups is 7. The molecular formula is C61H50O21P-. The van der Waals surface area contributed by atoms with Crippen LogP contribution in [0, 0.1) is 0 Å². The number of carbonyl (C=O) groups excluding carboxylic acids is 7. The summed E-state index contributed by atoms with van der Waals surface area (Å²) >= 11 is 0. The second-order valence-corrected chi connectivity index (χ2v) is 19.6. The van der Waals surface area contributed by atoms with Crippen LogP contribution in [0.5, 0.6) is 0 Å². The third-order valence-corrected chi connectivity index (χ3v) is 13.7. The van der Waals surface area contributed by atoms with Crippen LogP contribution in [0.25, 0.3) is 0 Å². The van der Waals surface area contributed by atoms with Gasteiger partial charge in [0, 0.05) is 0 Å². The first kappa shape index (κ1) is 58.5. The lowest BCUT2D eigenvalue weighted by Gasteiger charge is -2.47. The fraction of sp³-hybridized carbons (Fsp3) is 0.197. The van der Waals surface area contributed by atoms with Crippen LogP contribution < -0.4 is 4.89 Å². The number of hydrogen-bond donors (Lipinski definition) is 1. The van der Waals surface area contributed by atoms with Gasteiger partial charge in [-0.1, -0.05) is 127 Å². The fourth-order valence-electron chi connectivity index (χ4n) is 8.70. The summed E-state index contributed by atoms with van der Waals surface area (Å²) in [5, 5.41) is 10.9. The van der Waals surface area contributed by atoms with E-state index >= 15 is 9.46 Å². The van der Waals surface area contributed by atoms with Crippen LogP contribution in [-0.4, -0.2) is 122 Å². The number of ether oxygens (including phenoxy) is 9. The van der Waals surface area contributed by atoms with Gasteiger partial charge >= 0.3 is 41.8 Å². The maximum atomic E-state index is 15.1. The average Bonchev–Trinajstić information content (AvgIpc) is 3.20. The Morgan fingerprint density at radius 3 is 0.976 bits per heavy atom. The molecule has 426 valence electrons. The van der Waals surface area contributed by atoms with Crippen LogP contribution in [0.1, 0.15) is 72.5 Å². The fourth-order valence-corrected chi connectivity index (χ4v) is 9.73. The van der Waals surface area contributed by atoms with E-state index in [1.165, 1.54) is 170 Å². The molecule has 2 aliphatic heterocycles. The molecule has 1 N–H and O–H groups in total. The highest BCUT2D eigenvalue weighted by molar-refractivity contribution is 7.45. The van der Waals surface area contributed by atoms with E-state index in [0.717, 1.165) is 0 Å². The molecule has 22 heteroatoms. The molecule has 0 radical (unpaired) electrons. The van der Waals surface area contributed by atoms with Gasteiger partial charge in [0.2, 0.25) is 18.7 Å². The Labute approximate surface area is 473 Å². The summed E-state index contributed by atoms with van der Waals surface area (Å²) in [6.45, 7) is -2.05. The monoisotopic (exact) mass is 1150 g/mol. The molecule has 2 aliphatic rings. The summed E-state index contributed by atoms with van der Waals surface area (Å²) < 4.78 is 80.1. The van der Waals surface area contributed by atoms with Gasteiger partial charge in [-0.05, 0) is 84.9 Å². The summed E-state index contributed by atoms with van der Waals surface area (Å²) in [5.41, 5.74) is -0.419. The number of hydrogen-bond acceptors (Lipinski definition) is 21. The maximum Gasteiger partial charge on any atom is 0.340 e. The predicted octanol–water partition coefficient (Wildman–Crippen LogP) is 7.14. The number of phosphoric acid groups is 1. The van der Waals surface area contributed by atoms with Gasteiger partial charge in [0.1, 0.15) is 24.9 Å². The SMILES string of the molecule is O=C(OC[C@H]1O[C@H](OC(=O)c2ccccc2)[C@@H](OC(=O)c2ccccc2)[C@@H](OC(=O)c2ccccc2)[C@@H]1OP(=O)([O-])O[C@H]1O[C@H](CO)[C@@H](OC(=O)c2ccccc2)[C@H](OC(=O)c2ccccc2)[C@@H]1OC(=O)c1ccccc1)c1ccccc1. The van der Waals surface area contributed by atoms with Crippen molar-refractivity contribution in [1.82, 2.24) is 0 Å². The molecule has 0 aromatic heterocycles. The van der Waals surface area contributed by atoms with Crippen LogP contribution in [0.2, 0.25) is 0 Å². The average molecular weight is 1150 g/mol. The maximum absolute atomic E-state index is 15.1. The predicted molar refractivity (Wildman–Crippen MR) is 285 cm³/mol. The van der Waals surface area contributed by atoms with Crippen LogP contribution in [0.15, 0.2) is 212 Å². The first-order valence-electron chi connectivity index (χ1n) is 25.6. The molecule has 2 fully saturated rings. The van der Waals surface area contributed by atoms with Crippen LogP contribution in [0.3, 0.4) is 0 Å². The topological polar surface area (TPSA) is 281 Å². The van der Waals surface area contributed by atoms with Crippen molar-refractivity contribution in [2.45, 2.75) is 61.4 Å². The van der Waals surface area contributed by atoms with Crippen LogP contribution in [-0.2, 0) is 56.2 Å². The van der Waals surface area contributed by atoms with E-state index in [-0.39, 0.29) is 38.9 Å². The molecule has 9 rings (SSSR count). The summed E-state index contributed by atoms with van der Waals surface area (Å²) in [7, 11) is -6.30. The Morgan fingerprint density at radius 2 is 0.627 bits per heavy atom. The van der Waals surface area contributed by atoms with Crippen molar-refractivity contribution in [3.05, 3.63) is 251 Å². The molecule has 2 saturated heterocycles. The number of aliphatic hydroxyl groups excluding tert-OH is 1. The molecule has 0 spiro atoms. The second-order valence-electron chi connectivity index (χ2n) is 18.3. The Bertz CT molecular complexity index is 3380. The zero-order valence-corrected chi connectivity index (χ0v) is 44.3. The van der Waals surface area contributed by atoms with Crippen molar-refractivity contribution in [1.29, 1.82) is 0 Å². The molecule has 7 aromatic carbocycles. The zero-order chi connectivity index (χ0) is 58.3. The molecule has 21 nitrogen and oxygen atoms in total. The Hall–Kier alpha value is -9.18. The lowest BCUT2D eigenvalue weighted by atomic mass is 9.98. The summed E-state index contributed by atoms with van der Waals surface area (Å²) in [5.74, 6) is -7.65. The molecule has 0 saturated carbocycles. The smallest absolute Gasteiger partial charge is 0.340 e. The molecule has 0 aliphatic carbocycles. The van der Waals surface area contributed by atoms with E-state index in [4.69, 9.17) is 51.7 Å². The van der Waals surface area contributed by atoms with Gasteiger partial charge in [0.25, 0.3) is 7.82 Å². The van der Waals surface area contributed by atoms with E-state index in [1.54, 1.807) is 42.5 Å². The molecule has 7 aromatic rings. The first-order chi connectivity index (χ1) is 40.2. The van der Waals surface area contributed by atoms with Crippen LogP contribution >= 0.6 is 7.82 Å². The molecule has 0 bridgehead atoms. The zero-order valence-electron chi connectivity index (χ0n) is 43.5. The highest BCUT2D eigenvalue weighted by Gasteiger charge is 2.57. The number of rotatable bonds is 20. The number of benzene rings is 7. The summed E-state index contributed by atoms with van der Waals surface area (Å²) in [4.78, 5) is 113. The van der Waals surface area contributed by atoms with Gasteiger partial charge in [-0.2, -0.15) is 0 Å². The van der Waals surface area contributed by atoms with E-state index in [9.17, 15) is 38.7 Å². The Kier molecular flexibility index (Phi) is 19.4. The van der Waals surface area contributed by atoms with E-state index in [2.05, 4.69) is 0 Å². The van der Waals surface area contributed by atoms with Gasteiger partial charge in [0.15, 0.2) is 24.4 Å². The number of aliphatic hydroxyl groups is 1. The molecule has 83 heavy (non-hydrogen) atoms. The minimum absolute atomic E-state index is 0.0166.